The van der Waals surface area contributed by atoms with Crippen LogP contribution >= 0.6 is 34.8 Å². The number of hydrogen-bond donors (Lipinski definition) is 1. The number of halogens is 3. The molecule has 2 aromatic carbocycles. The molecule has 0 aromatic heterocycles. The summed E-state index contributed by atoms with van der Waals surface area (Å²) in [6.45, 7) is 1.89. The summed E-state index contributed by atoms with van der Waals surface area (Å²) in [6, 6.07) is 11.5. The lowest BCUT2D eigenvalue weighted by Crippen LogP contribution is -2.47. The molecule has 1 N–H and O–H groups in total. The van der Waals surface area contributed by atoms with Gasteiger partial charge in [0.15, 0.2) is 0 Å². The fourth-order valence-electron chi connectivity index (χ4n) is 2.50. The van der Waals surface area contributed by atoms with Gasteiger partial charge in [0.1, 0.15) is 6.04 Å². The summed E-state index contributed by atoms with van der Waals surface area (Å²) in [5, 5.41) is 4.14. The lowest BCUT2D eigenvalue weighted by Gasteiger charge is -2.29. The highest BCUT2D eigenvalue weighted by Gasteiger charge is 2.26. The van der Waals surface area contributed by atoms with Crippen LogP contribution in [0.3, 0.4) is 0 Å². The van der Waals surface area contributed by atoms with Crippen LogP contribution in [0.1, 0.15) is 18.1 Å². The van der Waals surface area contributed by atoms with Crippen molar-refractivity contribution in [2.24, 2.45) is 0 Å². The molecule has 0 saturated carbocycles. The average Bonchev–Trinajstić information content (AvgIpc) is 2.61. The number of likely N-dealkylation sites (N-methyl/N-ethyl adjacent to an activating group) is 1. The minimum Gasteiger partial charge on any atom is -0.357 e. The summed E-state index contributed by atoms with van der Waals surface area (Å²) in [5.74, 6) is -0.436. The van der Waals surface area contributed by atoms with E-state index in [-0.39, 0.29) is 24.8 Å². The van der Waals surface area contributed by atoms with E-state index in [0.717, 1.165) is 11.1 Å². The monoisotopic (exact) mass is 412 g/mol. The average molecular weight is 414 g/mol. The van der Waals surface area contributed by atoms with E-state index >= 15 is 0 Å². The Balaban J connectivity index is 2.26. The summed E-state index contributed by atoms with van der Waals surface area (Å²) in [6.07, 6.45) is 0.156. The van der Waals surface area contributed by atoms with Crippen LogP contribution in [0, 0.1) is 0 Å². The van der Waals surface area contributed by atoms with Crippen molar-refractivity contribution in [1.82, 2.24) is 10.2 Å². The van der Waals surface area contributed by atoms with Crippen LogP contribution in [0.25, 0.3) is 0 Å². The summed E-state index contributed by atoms with van der Waals surface area (Å²) in [4.78, 5) is 26.5. The number of amides is 2. The van der Waals surface area contributed by atoms with Crippen molar-refractivity contribution in [2.45, 2.75) is 25.9 Å². The Morgan fingerprint density at radius 1 is 1.04 bits per heavy atom. The van der Waals surface area contributed by atoms with Gasteiger partial charge in [-0.15, -0.1) is 0 Å². The summed E-state index contributed by atoms with van der Waals surface area (Å²) in [7, 11) is 1.54. The largest absolute Gasteiger partial charge is 0.357 e. The predicted molar refractivity (Wildman–Crippen MR) is 106 cm³/mol. The van der Waals surface area contributed by atoms with Crippen LogP contribution in [0.4, 0.5) is 0 Å². The maximum atomic E-state index is 12.9. The molecule has 0 radical (unpaired) electrons. The van der Waals surface area contributed by atoms with Crippen LogP contribution in [0.2, 0.25) is 15.1 Å². The molecule has 0 unspecified atom stereocenters. The Morgan fingerprint density at radius 3 is 2.23 bits per heavy atom. The van der Waals surface area contributed by atoms with Crippen molar-refractivity contribution >= 4 is 46.6 Å². The number of carbonyl (C=O) groups is 2. The fraction of sp³-hybridized carbons (Fsp3) is 0.263. The van der Waals surface area contributed by atoms with Crippen LogP contribution in [-0.4, -0.2) is 29.8 Å². The van der Waals surface area contributed by atoms with Gasteiger partial charge in [-0.25, -0.2) is 0 Å². The van der Waals surface area contributed by atoms with Crippen molar-refractivity contribution in [3.05, 3.63) is 68.7 Å². The van der Waals surface area contributed by atoms with Crippen LogP contribution < -0.4 is 5.32 Å². The molecule has 0 bridgehead atoms. The second-order valence-electron chi connectivity index (χ2n) is 5.85. The topological polar surface area (TPSA) is 49.4 Å². The fourth-order valence-corrected chi connectivity index (χ4v) is 3.10. The van der Waals surface area contributed by atoms with Crippen LogP contribution in [0.5, 0.6) is 0 Å². The van der Waals surface area contributed by atoms with Crippen LogP contribution in [0.15, 0.2) is 42.5 Å². The number of nitrogens with one attached hydrogen (secondary N) is 1. The first-order valence-electron chi connectivity index (χ1n) is 8.01. The second kappa shape index (κ2) is 9.26. The van der Waals surface area contributed by atoms with Gasteiger partial charge in [-0.1, -0.05) is 53.0 Å². The molecular formula is C19H19Cl3N2O2. The van der Waals surface area contributed by atoms with Gasteiger partial charge < -0.3 is 10.2 Å². The number of hydrogen-bond acceptors (Lipinski definition) is 2. The molecule has 2 amide bonds. The molecule has 0 aliphatic carbocycles. The van der Waals surface area contributed by atoms with Crippen LogP contribution in [-0.2, 0) is 22.6 Å². The number of nitrogens with zero attached hydrogens (tertiary/aromatic N) is 1. The van der Waals surface area contributed by atoms with Crippen molar-refractivity contribution in [3.8, 4) is 0 Å². The Morgan fingerprint density at radius 2 is 1.65 bits per heavy atom. The van der Waals surface area contributed by atoms with E-state index in [4.69, 9.17) is 34.8 Å². The standard InChI is InChI=1S/C19H19Cl3N2O2/c1-12(19(26)23-2)24(11-14-5-8-16(21)10-17(14)22)18(25)9-13-3-6-15(20)7-4-13/h3-8,10,12H,9,11H2,1-2H3,(H,23,26)/t12-/m0/s1. The van der Waals surface area contributed by atoms with E-state index in [1.807, 2.05) is 0 Å². The quantitative estimate of drug-likeness (QED) is 0.765. The van der Waals surface area contributed by atoms with Gasteiger partial charge in [0.2, 0.25) is 11.8 Å². The van der Waals surface area contributed by atoms with Gasteiger partial charge in [-0.2, -0.15) is 0 Å². The van der Waals surface area contributed by atoms with E-state index in [0.29, 0.717) is 15.1 Å². The number of carbonyl (C=O) groups excluding carboxylic acids is 2. The van der Waals surface area contributed by atoms with Crippen molar-refractivity contribution in [1.29, 1.82) is 0 Å². The molecule has 26 heavy (non-hydrogen) atoms. The maximum absolute atomic E-state index is 12.9. The molecule has 0 aliphatic heterocycles. The predicted octanol–water partition coefficient (Wildman–Crippen LogP) is 4.35. The molecule has 2 aromatic rings. The zero-order chi connectivity index (χ0) is 19.3. The third kappa shape index (κ3) is 5.37. The van der Waals surface area contributed by atoms with Gasteiger partial charge >= 0.3 is 0 Å². The molecule has 2 rings (SSSR count). The highest BCUT2D eigenvalue weighted by atomic mass is 35.5. The molecular weight excluding hydrogens is 395 g/mol. The first-order valence-corrected chi connectivity index (χ1v) is 9.14. The molecule has 0 aliphatic rings. The molecule has 0 spiro atoms. The number of benzene rings is 2. The summed E-state index contributed by atoms with van der Waals surface area (Å²) in [5.41, 5.74) is 1.53. The lowest BCUT2D eigenvalue weighted by molar-refractivity contribution is -0.139. The molecule has 138 valence electrons. The van der Waals surface area contributed by atoms with Crippen molar-refractivity contribution < 1.29 is 9.59 Å². The van der Waals surface area contributed by atoms with Gasteiger partial charge in [-0.05, 0) is 42.3 Å². The second-order valence-corrected chi connectivity index (χ2v) is 7.13. The van der Waals surface area contributed by atoms with E-state index in [9.17, 15) is 9.59 Å². The smallest absolute Gasteiger partial charge is 0.242 e. The molecule has 1 atom stereocenters. The zero-order valence-corrected chi connectivity index (χ0v) is 16.7. The zero-order valence-electron chi connectivity index (χ0n) is 14.4. The van der Waals surface area contributed by atoms with Gasteiger partial charge in [0, 0.05) is 28.7 Å². The highest BCUT2D eigenvalue weighted by molar-refractivity contribution is 6.35. The van der Waals surface area contributed by atoms with Gasteiger partial charge in [0.05, 0.1) is 6.42 Å². The van der Waals surface area contributed by atoms with E-state index in [2.05, 4.69) is 5.32 Å². The SMILES string of the molecule is CNC(=O)[C@H](C)N(Cc1ccc(Cl)cc1Cl)C(=O)Cc1ccc(Cl)cc1. The van der Waals surface area contributed by atoms with E-state index in [1.54, 1.807) is 49.4 Å². The minimum absolute atomic E-state index is 0.156. The summed E-state index contributed by atoms with van der Waals surface area (Å²) >= 11 is 18.1. The molecule has 0 saturated heterocycles. The number of rotatable bonds is 6. The normalized spacial score (nSPS) is 11.7. The first-order chi connectivity index (χ1) is 12.3. The molecule has 4 nitrogen and oxygen atoms in total. The van der Waals surface area contributed by atoms with Crippen molar-refractivity contribution in [2.75, 3.05) is 7.05 Å². The molecule has 0 fully saturated rings. The third-order valence-corrected chi connectivity index (χ3v) is 4.88. The van der Waals surface area contributed by atoms with E-state index < -0.39 is 6.04 Å². The maximum Gasteiger partial charge on any atom is 0.242 e. The third-order valence-electron chi connectivity index (χ3n) is 4.04. The van der Waals surface area contributed by atoms with Crippen molar-refractivity contribution in [3.63, 3.8) is 0 Å². The Labute approximate surface area is 168 Å². The van der Waals surface area contributed by atoms with Gasteiger partial charge in [0.25, 0.3) is 0 Å². The Bertz CT molecular complexity index is 794. The Hall–Kier alpha value is -1.75. The first kappa shape index (κ1) is 20.6. The van der Waals surface area contributed by atoms with Gasteiger partial charge in [-0.3, -0.25) is 9.59 Å². The Kier molecular flexibility index (Phi) is 7.33. The highest BCUT2D eigenvalue weighted by Crippen LogP contribution is 2.23. The minimum atomic E-state index is -0.647. The molecule has 7 heteroatoms. The molecule has 0 heterocycles. The van der Waals surface area contributed by atoms with E-state index in [1.165, 1.54) is 11.9 Å². The summed E-state index contributed by atoms with van der Waals surface area (Å²) < 4.78 is 0. The lowest BCUT2D eigenvalue weighted by atomic mass is 10.1.